The highest BCUT2D eigenvalue weighted by Crippen LogP contribution is 2.39. The number of primary amides is 1. The molecule has 0 spiro atoms. The van der Waals surface area contributed by atoms with Crippen LogP contribution in [0.25, 0.3) is 0 Å². The van der Waals surface area contributed by atoms with Crippen molar-refractivity contribution in [2.45, 2.75) is 81.8 Å². The lowest BCUT2D eigenvalue weighted by Gasteiger charge is -2.50. The predicted octanol–water partition coefficient (Wildman–Crippen LogP) is 1.77. The second-order valence-electron chi connectivity index (χ2n) is 7.26. The molecule has 0 bridgehead atoms. The summed E-state index contributed by atoms with van der Waals surface area (Å²) in [6.45, 7) is 1.20. The van der Waals surface area contributed by atoms with Crippen LogP contribution in [0.5, 0.6) is 0 Å². The molecule has 2 saturated carbocycles. The number of hydrogen-bond donors (Lipinski definition) is 2. The highest BCUT2D eigenvalue weighted by Gasteiger charge is 2.43. The van der Waals surface area contributed by atoms with Gasteiger partial charge in [-0.05, 0) is 63.8 Å². The first-order valence-corrected chi connectivity index (χ1v) is 8.45. The molecule has 0 aromatic heterocycles. The first-order chi connectivity index (χ1) is 9.60. The molecule has 3 aliphatic rings. The van der Waals surface area contributed by atoms with Gasteiger partial charge >= 0.3 is 0 Å². The van der Waals surface area contributed by atoms with Gasteiger partial charge in [-0.15, -0.1) is 0 Å². The molecule has 0 aromatic carbocycles. The van der Waals surface area contributed by atoms with Crippen LogP contribution in [0.3, 0.4) is 0 Å². The Bertz CT molecular complexity index is 371. The monoisotopic (exact) mass is 279 g/mol. The fourth-order valence-electron chi connectivity index (χ4n) is 4.90. The number of nitrogens with zero attached hydrogens (tertiary/aromatic N) is 1. The summed E-state index contributed by atoms with van der Waals surface area (Å²) >= 11 is 0. The summed E-state index contributed by atoms with van der Waals surface area (Å²) in [4.78, 5) is 14.4. The molecular formula is C16H29N3O. The third-order valence-corrected chi connectivity index (χ3v) is 6.01. The molecule has 1 heterocycles. The van der Waals surface area contributed by atoms with Crippen molar-refractivity contribution in [2.24, 2.45) is 17.4 Å². The molecule has 1 aliphatic heterocycles. The third kappa shape index (κ3) is 2.60. The van der Waals surface area contributed by atoms with Crippen molar-refractivity contribution in [1.29, 1.82) is 0 Å². The van der Waals surface area contributed by atoms with E-state index in [0.717, 1.165) is 31.2 Å². The summed E-state index contributed by atoms with van der Waals surface area (Å²) in [5.74, 6) is 0.583. The smallest absolute Gasteiger partial charge is 0.237 e. The van der Waals surface area contributed by atoms with Crippen LogP contribution in [0.4, 0.5) is 0 Å². The minimum atomic E-state index is -0.759. The van der Waals surface area contributed by atoms with Gasteiger partial charge in [0.05, 0.1) is 5.54 Å². The number of piperidine rings is 1. The van der Waals surface area contributed by atoms with Gasteiger partial charge in [-0.3, -0.25) is 9.69 Å². The maximum Gasteiger partial charge on any atom is 0.237 e. The topological polar surface area (TPSA) is 72.3 Å². The van der Waals surface area contributed by atoms with E-state index in [1.807, 2.05) is 0 Å². The van der Waals surface area contributed by atoms with Crippen LogP contribution >= 0.6 is 0 Å². The van der Waals surface area contributed by atoms with E-state index >= 15 is 0 Å². The highest BCUT2D eigenvalue weighted by molar-refractivity contribution is 5.84. The number of fused-ring (bicyclic) bond motifs is 1. The van der Waals surface area contributed by atoms with Gasteiger partial charge < -0.3 is 11.5 Å². The molecule has 4 N–H and O–H groups in total. The standard InChI is InChI=1S/C16H29N3O/c17-15(20)16(18)9-3-7-13(11-16)19-10-4-6-12-5-1-2-8-14(12)19/h12-14H,1-11,18H2,(H2,17,20)/t12-,13?,14-,16?/m1/s1. The van der Waals surface area contributed by atoms with Crippen molar-refractivity contribution >= 4 is 5.91 Å². The quantitative estimate of drug-likeness (QED) is 0.809. The Balaban J connectivity index is 1.72. The zero-order valence-electron chi connectivity index (χ0n) is 12.5. The lowest BCUT2D eigenvalue weighted by Crippen LogP contribution is -2.61. The third-order valence-electron chi connectivity index (χ3n) is 6.01. The van der Waals surface area contributed by atoms with Gasteiger partial charge in [0.25, 0.3) is 0 Å². The van der Waals surface area contributed by atoms with Gasteiger partial charge in [0.15, 0.2) is 0 Å². The minimum absolute atomic E-state index is 0.306. The summed E-state index contributed by atoms with van der Waals surface area (Å²) in [5.41, 5.74) is 11.0. The molecule has 4 heteroatoms. The average molecular weight is 279 g/mol. The normalized spacial score (nSPS) is 43.0. The molecule has 1 amide bonds. The number of nitrogens with two attached hydrogens (primary N) is 2. The van der Waals surface area contributed by atoms with Gasteiger partial charge in [0, 0.05) is 12.1 Å². The first kappa shape index (κ1) is 14.3. The summed E-state index contributed by atoms with van der Waals surface area (Å²) < 4.78 is 0. The molecule has 3 rings (SSSR count). The van der Waals surface area contributed by atoms with E-state index in [4.69, 9.17) is 11.5 Å². The summed E-state index contributed by atoms with van der Waals surface area (Å²) in [7, 11) is 0. The van der Waals surface area contributed by atoms with Crippen LogP contribution in [-0.4, -0.2) is 35.0 Å². The van der Waals surface area contributed by atoms with Crippen LogP contribution in [0.1, 0.15) is 64.2 Å². The molecule has 0 aromatic rings. The zero-order valence-corrected chi connectivity index (χ0v) is 12.5. The Morgan fingerprint density at radius 1 is 1.05 bits per heavy atom. The van der Waals surface area contributed by atoms with E-state index in [2.05, 4.69) is 4.90 Å². The summed E-state index contributed by atoms with van der Waals surface area (Å²) in [6.07, 6.45) is 12.0. The molecule has 2 unspecified atom stereocenters. The Kier molecular flexibility index (Phi) is 4.04. The number of carbonyl (C=O) groups excluding carboxylic acids is 1. The van der Waals surface area contributed by atoms with E-state index in [-0.39, 0.29) is 5.91 Å². The van der Waals surface area contributed by atoms with E-state index in [9.17, 15) is 4.79 Å². The lowest BCUT2D eigenvalue weighted by molar-refractivity contribution is -0.125. The van der Waals surface area contributed by atoms with E-state index in [0.29, 0.717) is 6.04 Å². The summed E-state index contributed by atoms with van der Waals surface area (Å²) in [5, 5.41) is 0. The van der Waals surface area contributed by atoms with Crippen molar-refractivity contribution in [1.82, 2.24) is 4.90 Å². The second kappa shape index (κ2) is 5.64. The van der Waals surface area contributed by atoms with Crippen molar-refractivity contribution in [3.8, 4) is 0 Å². The molecule has 20 heavy (non-hydrogen) atoms. The van der Waals surface area contributed by atoms with Crippen LogP contribution in [0.2, 0.25) is 0 Å². The fourth-order valence-corrected chi connectivity index (χ4v) is 4.90. The Morgan fingerprint density at radius 2 is 1.80 bits per heavy atom. The van der Waals surface area contributed by atoms with Crippen LogP contribution < -0.4 is 11.5 Å². The van der Waals surface area contributed by atoms with Gasteiger partial charge in [-0.2, -0.15) is 0 Å². The molecule has 4 nitrogen and oxygen atoms in total. The summed E-state index contributed by atoms with van der Waals surface area (Å²) in [6, 6.07) is 1.23. The molecule has 4 atom stereocenters. The zero-order chi connectivity index (χ0) is 14.2. The lowest BCUT2D eigenvalue weighted by atomic mass is 9.74. The average Bonchev–Trinajstić information content (AvgIpc) is 2.46. The van der Waals surface area contributed by atoms with Gasteiger partial charge in [-0.1, -0.05) is 12.8 Å². The molecule has 2 aliphatic carbocycles. The van der Waals surface area contributed by atoms with Crippen LogP contribution in [-0.2, 0) is 4.79 Å². The van der Waals surface area contributed by atoms with Crippen molar-refractivity contribution < 1.29 is 4.79 Å². The number of rotatable bonds is 2. The fraction of sp³-hybridized carbons (Fsp3) is 0.938. The van der Waals surface area contributed by atoms with Crippen molar-refractivity contribution in [2.75, 3.05) is 6.54 Å². The Labute approximate surface area is 122 Å². The van der Waals surface area contributed by atoms with Crippen molar-refractivity contribution in [3.05, 3.63) is 0 Å². The highest BCUT2D eigenvalue weighted by atomic mass is 16.1. The van der Waals surface area contributed by atoms with Gasteiger partial charge in [0.2, 0.25) is 5.91 Å². The molecule has 1 saturated heterocycles. The predicted molar refractivity (Wildman–Crippen MR) is 80.1 cm³/mol. The number of carbonyl (C=O) groups is 1. The van der Waals surface area contributed by atoms with Crippen LogP contribution in [0, 0.1) is 5.92 Å². The van der Waals surface area contributed by atoms with Gasteiger partial charge in [0.1, 0.15) is 0 Å². The van der Waals surface area contributed by atoms with E-state index in [1.165, 1.54) is 51.5 Å². The Morgan fingerprint density at radius 3 is 2.60 bits per heavy atom. The van der Waals surface area contributed by atoms with E-state index in [1.54, 1.807) is 0 Å². The number of hydrogen-bond acceptors (Lipinski definition) is 3. The molecule has 114 valence electrons. The molecule has 0 radical (unpaired) electrons. The maximum absolute atomic E-state index is 11.7. The minimum Gasteiger partial charge on any atom is -0.368 e. The largest absolute Gasteiger partial charge is 0.368 e. The van der Waals surface area contributed by atoms with Crippen molar-refractivity contribution in [3.63, 3.8) is 0 Å². The first-order valence-electron chi connectivity index (χ1n) is 8.45. The second-order valence-corrected chi connectivity index (χ2v) is 7.26. The maximum atomic E-state index is 11.7. The van der Waals surface area contributed by atoms with Gasteiger partial charge in [-0.25, -0.2) is 0 Å². The molecule has 3 fully saturated rings. The Hall–Kier alpha value is -0.610. The molecular weight excluding hydrogens is 250 g/mol. The number of likely N-dealkylation sites (tertiary alicyclic amines) is 1. The SMILES string of the molecule is NC(=O)C1(N)CCCC(N2CCC[C@H]3CCCC[C@H]32)C1. The van der Waals surface area contributed by atoms with E-state index < -0.39 is 5.54 Å². The number of amides is 1. The van der Waals surface area contributed by atoms with Crippen LogP contribution in [0.15, 0.2) is 0 Å².